The van der Waals surface area contributed by atoms with E-state index in [1.165, 1.54) is 12.8 Å². The highest BCUT2D eigenvalue weighted by molar-refractivity contribution is 5.91. The minimum absolute atomic E-state index is 0. The molecule has 0 spiro atoms. The molecular weight excluding hydrogens is 358 g/mol. The van der Waals surface area contributed by atoms with E-state index in [4.69, 9.17) is 15.7 Å². The van der Waals surface area contributed by atoms with Crippen LogP contribution >= 0.6 is 12.4 Å². The molecule has 0 saturated heterocycles. The van der Waals surface area contributed by atoms with Crippen LogP contribution in [0.3, 0.4) is 0 Å². The largest absolute Gasteiger partial charge is 0.351 e. The van der Waals surface area contributed by atoms with E-state index in [0.717, 1.165) is 41.8 Å². The molecule has 5 nitrogen and oxygen atoms in total. The van der Waals surface area contributed by atoms with E-state index < -0.39 is 0 Å². The van der Waals surface area contributed by atoms with Gasteiger partial charge in [-0.3, -0.25) is 0 Å². The van der Waals surface area contributed by atoms with Crippen molar-refractivity contribution >= 4 is 40.8 Å². The van der Waals surface area contributed by atoms with Gasteiger partial charge in [0.25, 0.3) is 0 Å². The Labute approximate surface area is 166 Å². The SMILES string of the molecule is Cl.NC[C@H]1CC[C@H](Nc2nc(Nc3ccccc3)c3ccccc3n2)CC1. The predicted octanol–water partition coefficient (Wildman–Crippen LogP) is 4.72. The summed E-state index contributed by atoms with van der Waals surface area (Å²) in [5.74, 6) is 2.19. The number of para-hydroxylation sites is 2. The summed E-state index contributed by atoms with van der Waals surface area (Å²) >= 11 is 0. The first-order valence-corrected chi connectivity index (χ1v) is 9.37. The highest BCUT2D eigenvalue weighted by Gasteiger charge is 2.21. The molecule has 4 N–H and O–H groups in total. The van der Waals surface area contributed by atoms with Gasteiger partial charge in [-0.25, -0.2) is 4.98 Å². The van der Waals surface area contributed by atoms with Gasteiger partial charge in [0, 0.05) is 17.1 Å². The number of halogens is 1. The van der Waals surface area contributed by atoms with E-state index >= 15 is 0 Å². The Morgan fingerprint density at radius 3 is 2.33 bits per heavy atom. The summed E-state index contributed by atoms with van der Waals surface area (Å²) in [5.41, 5.74) is 7.77. The van der Waals surface area contributed by atoms with Crippen LogP contribution in [-0.2, 0) is 0 Å². The number of fused-ring (bicyclic) bond motifs is 1. The summed E-state index contributed by atoms with van der Waals surface area (Å²) in [6.45, 7) is 0.796. The maximum absolute atomic E-state index is 5.80. The van der Waals surface area contributed by atoms with Gasteiger partial charge < -0.3 is 16.4 Å². The first kappa shape index (κ1) is 19.4. The molecule has 142 valence electrons. The van der Waals surface area contributed by atoms with Crippen LogP contribution in [0.25, 0.3) is 10.9 Å². The van der Waals surface area contributed by atoms with Gasteiger partial charge in [-0.15, -0.1) is 12.4 Å². The molecule has 1 heterocycles. The van der Waals surface area contributed by atoms with Gasteiger partial charge in [0.05, 0.1) is 5.52 Å². The third kappa shape index (κ3) is 4.67. The van der Waals surface area contributed by atoms with Gasteiger partial charge >= 0.3 is 0 Å². The lowest BCUT2D eigenvalue weighted by atomic mass is 9.86. The maximum Gasteiger partial charge on any atom is 0.225 e. The summed E-state index contributed by atoms with van der Waals surface area (Å²) in [6.07, 6.45) is 4.60. The number of rotatable bonds is 5. The third-order valence-corrected chi connectivity index (χ3v) is 5.15. The Hall–Kier alpha value is -2.37. The molecule has 1 aliphatic rings. The molecule has 6 heteroatoms. The van der Waals surface area contributed by atoms with Gasteiger partial charge in [-0.2, -0.15) is 4.98 Å². The van der Waals surface area contributed by atoms with Crippen molar-refractivity contribution in [1.82, 2.24) is 9.97 Å². The first-order chi connectivity index (χ1) is 12.8. The number of hydrogen-bond donors (Lipinski definition) is 3. The van der Waals surface area contributed by atoms with Crippen molar-refractivity contribution in [2.45, 2.75) is 31.7 Å². The Kier molecular flexibility index (Phi) is 6.48. The van der Waals surface area contributed by atoms with E-state index in [1.807, 2.05) is 48.5 Å². The zero-order chi connectivity index (χ0) is 17.8. The number of nitrogens with two attached hydrogens (primary N) is 1. The molecule has 27 heavy (non-hydrogen) atoms. The molecule has 0 radical (unpaired) electrons. The van der Waals surface area contributed by atoms with Crippen LogP contribution in [0.2, 0.25) is 0 Å². The van der Waals surface area contributed by atoms with Crippen molar-refractivity contribution in [2.75, 3.05) is 17.2 Å². The smallest absolute Gasteiger partial charge is 0.225 e. The van der Waals surface area contributed by atoms with Crippen molar-refractivity contribution in [1.29, 1.82) is 0 Å². The second-order valence-electron chi connectivity index (χ2n) is 7.00. The van der Waals surface area contributed by atoms with Crippen molar-refractivity contribution in [3.8, 4) is 0 Å². The number of anilines is 3. The van der Waals surface area contributed by atoms with Crippen LogP contribution in [-0.4, -0.2) is 22.6 Å². The summed E-state index contributed by atoms with van der Waals surface area (Å²) in [4.78, 5) is 9.50. The van der Waals surface area contributed by atoms with Crippen LogP contribution in [0.5, 0.6) is 0 Å². The van der Waals surface area contributed by atoms with E-state index in [0.29, 0.717) is 17.9 Å². The predicted molar refractivity (Wildman–Crippen MR) is 115 cm³/mol. The lowest BCUT2D eigenvalue weighted by Gasteiger charge is -2.28. The van der Waals surface area contributed by atoms with Gasteiger partial charge in [0.2, 0.25) is 5.95 Å². The summed E-state index contributed by atoms with van der Waals surface area (Å²) in [5, 5.41) is 8.00. The molecule has 1 fully saturated rings. The van der Waals surface area contributed by atoms with E-state index in [-0.39, 0.29) is 12.4 Å². The molecule has 1 aromatic heterocycles. The van der Waals surface area contributed by atoms with Crippen molar-refractivity contribution in [3.63, 3.8) is 0 Å². The Balaban J connectivity index is 0.00000210. The average molecular weight is 384 g/mol. The maximum atomic E-state index is 5.80. The lowest BCUT2D eigenvalue weighted by Crippen LogP contribution is -2.29. The molecule has 3 aromatic rings. The number of aromatic nitrogens is 2. The Morgan fingerprint density at radius 1 is 0.889 bits per heavy atom. The zero-order valence-corrected chi connectivity index (χ0v) is 16.1. The molecule has 1 saturated carbocycles. The fourth-order valence-electron chi connectivity index (χ4n) is 3.62. The van der Waals surface area contributed by atoms with Gasteiger partial charge in [-0.05, 0) is 62.4 Å². The highest BCUT2D eigenvalue weighted by Crippen LogP contribution is 2.28. The molecule has 0 aliphatic heterocycles. The van der Waals surface area contributed by atoms with Crippen LogP contribution in [0.1, 0.15) is 25.7 Å². The van der Waals surface area contributed by atoms with Gasteiger partial charge in [0.15, 0.2) is 0 Å². The monoisotopic (exact) mass is 383 g/mol. The van der Waals surface area contributed by atoms with Crippen molar-refractivity contribution in [2.24, 2.45) is 11.7 Å². The molecule has 0 amide bonds. The summed E-state index contributed by atoms with van der Waals surface area (Å²) < 4.78 is 0. The molecular formula is C21H26ClN5. The second-order valence-corrected chi connectivity index (χ2v) is 7.00. The van der Waals surface area contributed by atoms with Gasteiger partial charge in [-0.1, -0.05) is 30.3 Å². The van der Waals surface area contributed by atoms with Crippen molar-refractivity contribution in [3.05, 3.63) is 54.6 Å². The number of nitrogens with zero attached hydrogens (tertiary/aromatic N) is 2. The fraction of sp³-hybridized carbons (Fsp3) is 0.333. The molecule has 4 rings (SSSR count). The number of nitrogens with one attached hydrogen (secondary N) is 2. The first-order valence-electron chi connectivity index (χ1n) is 9.37. The standard InChI is InChI=1S/C21H25N5.ClH/c22-14-15-10-12-17(13-11-15)24-21-25-19-9-5-4-8-18(19)20(26-21)23-16-6-2-1-3-7-16;/h1-9,15,17H,10-14,22H2,(H2,23,24,25,26);1H/t15-,17-;. The zero-order valence-electron chi connectivity index (χ0n) is 15.3. The van der Waals surface area contributed by atoms with Gasteiger partial charge in [0.1, 0.15) is 5.82 Å². The topological polar surface area (TPSA) is 75.9 Å². The van der Waals surface area contributed by atoms with Crippen LogP contribution in [0.15, 0.2) is 54.6 Å². The second kappa shape index (κ2) is 9.02. The Bertz CT molecular complexity index is 863. The molecule has 0 unspecified atom stereocenters. The number of benzene rings is 2. The van der Waals surface area contributed by atoms with Crippen molar-refractivity contribution < 1.29 is 0 Å². The normalized spacial score (nSPS) is 19.3. The van der Waals surface area contributed by atoms with E-state index in [2.05, 4.69) is 16.7 Å². The van der Waals surface area contributed by atoms with Crippen LogP contribution in [0, 0.1) is 5.92 Å². The lowest BCUT2D eigenvalue weighted by molar-refractivity contribution is 0.344. The molecule has 0 atom stereocenters. The highest BCUT2D eigenvalue weighted by atomic mass is 35.5. The third-order valence-electron chi connectivity index (χ3n) is 5.15. The van der Waals surface area contributed by atoms with E-state index in [9.17, 15) is 0 Å². The minimum Gasteiger partial charge on any atom is -0.351 e. The van der Waals surface area contributed by atoms with Crippen LogP contribution in [0.4, 0.5) is 17.5 Å². The van der Waals surface area contributed by atoms with Crippen LogP contribution < -0.4 is 16.4 Å². The molecule has 0 bridgehead atoms. The minimum atomic E-state index is 0. The fourth-order valence-corrected chi connectivity index (χ4v) is 3.62. The van der Waals surface area contributed by atoms with E-state index in [1.54, 1.807) is 0 Å². The molecule has 2 aromatic carbocycles. The average Bonchev–Trinajstić information content (AvgIpc) is 2.69. The summed E-state index contributed by atoms with van der Waals surface area (Å²) in [7, 11) is 0. The quantitative estimate of drug-likeness (QED) is 0.594. The Morgan fingerprint density at radius 2 is 1.59 bits per heavy atom. The molecule has 1 aliphatic carbocycles. The number of hydrogen-bond acceptors (Lipinski definition) is 5. The summed E-state index contributed by atoms with van der Waals surface area (Å²) in [6, 6.07) is 18.6.